The van der Waals surface area contributed by atoms with Gasteiger partial charge in [-0.05, 0) is 64.9 Å². The van der Waals surface area contributed by atoms with Crippen molar-refractivity contribution in [2.75, 3.05) is 6.54 Å². The van der Waals surface area contributed by atoms with Crippen LogP contribution in [0.15, 0.2) is 22.9 Å². The molecule has 92 valence electrons. The summed E-state index contributed by atoms with van der Waals surface area (Å²) >= 11 is 3.30. The van der Waals surface area contributed by atoms with Gasteiger partial charge in [0, 0.05) is 12.2 Å². The van der Waals surface area contributed by atoms with Gasteiger partial charge in [-0.2, -0.15) is 5.26 Å². The Kier molecular flexibility index (Phi) is 3.19. The topological polar surface area (TPSA) is 48.7 Å². The third-order valence-corrected chi connectivity index (χ3v) is 4.51. The zero-order chi connectivity index (χ0) is 12.5. The first kappa shape index (κ1) is 11.9. The van der Waals surface area contributed by atoms with E-state index in [1.807, 2.05) is 12.3 Å². The van der Waals surface area contributed by atoms with Crippen LogP contribution >= 0.6 is 15.9 Å². The highest BCUT2D eigenvalue weighted by molar-refractivity contribution is 9.10. The van der Waals surface area contributed by atoms with Crippen LogP contribution in [0.5, 0.6) is 0 Å². The first-order valence-corrected chi connectivity index (χ1v) is 7.08. The number of pyridine rings is 1. The number of nitrogens with one attached hydrogen (secondary N) is 1. The van der Waals surface area contributed by atoms with Crippen molar-refractivity contribution in [2.45, 2.75) is 25.3 Å². The molecule has 4 heteroatoms. The zero-order valence-corrected chi connectivity index (χ0v) is 11.6. The van der Waals surface area contributed by atoms with Crippen molar-refractivity contribution < 1.29 is 0 Å². The number of fused-ring (bicyclic) bond motifs is 1. The van der Waals surface area contributed by atoms with Gasteiger partial charge >= 0.3 is 0 Å². The molecule has 2 aliphatic rings. The quantitative estimate of drug-likeness (QED) is 0.812. The summed E-state index contributed by atoms with van der Waals surface area (Å²) in [5.41, 5.74) is 3.01. The number of rotatable bonds is 1. The second-order valence-corrected chi connectivity index (χ2v) is 5.64. The van der Waals surface area contributed by atoms with Crippen LogP contribution in [0.25, 0.3) is 5.57 Å². The van der Waals surface area contributed by atoms with Gasteiger partial charge in [0.1, 0.15) is 10.7 Å². The lowest BCUT2D eigenvalue weighted by Crippen LogP contribution is -2.30. The maximum atomic E-state index is 9.07. The van der Waals surface area contributed by atoms with Crippen molar-refractivity contribution in [3.63, 3.8) is 0 Å². The van der Waals surface area contributed by atoms with Crippen molar-refractivity contribution in [1.82, 2.24) is 10.3 Å². The maximum Gasteiger partial charge on any atom is 0.123 e. The van der Waals surface area contributed by atoms with Gasteiger partial charge in [0.15, 0.2) is 0 Å². The third-order valence-electron chi connectivity index (χ3n) is 3.88. The molecule has 2 atom stereocenters. The van der Waals surface area contributed by atoms with E-state index in [1.165, 1.54) is 18.4 Å². The largest absolute Gasteiger partial charge is 0.310 e. The summed E-state index contributed by atoms with van der Waals surface area (Å²) in [7, 11) is 0. The molecule has 0 spiro atoms. The second kappa shape index (κ2) is 4.83. The van der Waals surface area contributed by atoms with Crippen molar-refractivity contribution in [1.29, 1.82) is 5.26 Å². The fraction of sp³-hybridized carbons (Fsp3) is 0.429. The number of aromatic nitrogens is 1. The molecule has 0 saturated carbocycles. The summed E-state index contributed by atoms with van der Waals surface area (Å²) in [5, 5.41) is 12.6. The summed E-state index contributed by atoms with van der Waals surface area (Å²) in [5.74, 6) is 0.749. The van der Waals surface area contributed by atoms with E-state index >= 15 is 0 Å². The van der Waals surface area contributed by atoms with E-state index in [9.17, 15) is 0 Å². The summed E-state index contributed by atoms with van der Waals surface area (Å²) in [6.45, 7) is 1.10. The van der Waals surface area contributed by atoms with Gasteiger partial charge in [0.25, 0.3) is 0 Å². The minimum Gasteiger partial charge on any atom is -0.310 e. The molecule has 1 aliphatic heterocycles. The summed E-state index contributed by atoms with van der Waals surface area (Å²) in [4.78, 5) is 4.26. The molecular weight excluding hydrogens is 290 g/mol. The Balaban J connectivity index is 1.99. The van der Waals surface area contributed by atoms with Crippen LogP contribution in [0.4, 0.5) is 0 Å². The number of hydrogen-bond acceptors (Lipinski definition) is 3. The predicted molar refractivity (Wildman–Crippen MR) is 73.8 cm³/mol. The lowest BCUT2D eigenvalue weighted by Gasteiger charge is -2.27. The van der Waals surface area contributed by atoms with Gasteiger partial charge in [-0.1, -0.05) is 6.08 Å². The van der Waals surface area contributed by atoms with Gasteiger partial charge in [-0.15, -0.1) is 0 Å². The molecule has 1 saturated heterocycles. The summed E-state index contributed by atoms with van der Waals surface area (Å²) in [6.07, 6.45) is 7.83. The van der Waals surface area contributed by atoms with E-state index in [1.54, 1.807) is 0 Å². The number of nitrogens with zero attached hydrogens (tertiary/aromatic N) is 2. The first-order chi connectivity index (χ1) is 8.79. The summed E-state index contributed by atoms with van der Waals surface area (Å²) < 4.78 is 0.626. The Morgan fingerprint density at radius 3 is 3.17 bits per heavy atom. The normalized spacial score (nSPS) is 26.3. The third kappa shape index (κ3) is 1.98. The van der Waals surface area contributed by atoms with E-state index in [2.05, 4.69) is 38.4 Å². The molecular formula is C14H14BrN3. The number of allylic oxidation sites excluding steroid dienone is 1. The van der Waals surface area contributed by atoms with E-state index in [4.69, 9.17) is 5.26 Å². The Morgan fingerprint density at radius 2 is 2.33 bits per heavy atom. The Hall–Kier alpha value is -1.18. The van der Waals surface area contributed by atoms with Crippen LogP contribution in [-0.4, -0.2) is 17.6 Å². The molecule has 0 radical (unpaired) electrons. The van der Waals surface area contributed by atoms with Crippen molar-refractivity contribution >= 4 is 21.5 Å². The second-order valence-electron chi connectivity index (χ2n) is 4.89. The van der Waals surface area contributed by atoms with Gasteiger partial charge < -0.3 is 5.32 Å². The molecule has 0 aromatic carbocycles. The van der Waals surface area contributed by atoms with E-state index < -0.39 is 0 Å². The first-order valence-electron chi connectivity index (χ1n) is 6.29. The van der Waals surface area contributed by atoms with Gasteiger partial charge in [-0.3, -0.25) is 0 Å². The average Bonchev–Trinajstić information content (AvgIpc) is 2.87. The minimum atomic E-state index is 0.452. The van der Waals surface area contributed by atoms with E-state index in [-0.39, 0.29) is 0 Å². The molecule has 0 amide bonds. The minimum absolute atomic E-state index is 0.452. The molecule has 2 heterocycles. The standard InChI is InChI=1S/C14H14BrN3/c15-14-10(7-16)6-11(8-18-14)12-3-1-2-9-4-5-17-13(9)12/h3,6,8-9,13,17H,1-2,4-5H2. The molecule has 1 fully saturated rings. The molecule has 18 heavy (non-hydrogen) atoms. The smallest absolute Gasteiger partial charge is 0.123 e. The predicted octanol–water partition coefficient (Wildman–Crippen LogP) is 2.87. The SMILES string of the molecule is N#Cc1cc(C2=CCCC3CCNC23)cnc1Br. The Labute approximate surface area is 115 Å². The Bertz CT molecular complexity index is 544. The molecule has 0 bridgehead atoms. The number of nitriles is 1. The number of hydrogen-bond donors (Lipinski definition) is 1. The van der Waals surface area contributed by atoms with Gasteiger partial charge in [0.05, 0.1) is 5.56 Å². The number of halogens is 1. The highest BCUT2D eigenvalue weighted by Gasteiger charge is 2.32. The lowest BCUT2D eigenvalue weighted by molar-refractivity contribution is 0.470. The van der Waals surface area contributed by atoms with Gasteiger partial charge in [0.2, 0.25) is 0 Å². The molecule has 1 aliphatic carbocycles. The Morgan fingerprint density at radius 1 is 1.44 bits per heavy atom. The van der Waals surface area contributed by atoms with Crippen LogP contribution in [0.2, 0.25) is 0 Å². The van der Waals surface area contributed by atoms with Crippen LogP contribution in [-0.2, 0) is 0 Å². The average molecular weight is 304 g/mol. The molecule has 3 nitrogen and oxygen atoms in total. The van der Waals surface area contributed by atoms with E-state index in [0.29, 0.717) is 16.2 Å². The fourth-order valence-electron chi connectivity index (χ4n) is 2.99. The lowest BCUT2D eigenvalue weighted by atomic mass is 9.82. The highest BCUT2D eigenvalue weighted by Crippen LogP contribution is 2.36. The summed E-state index contributed by atoms with van der Waals surface area (Å²) in [6, 6.07) is 4.57. The van der Waals surface area contributed by atoms with Crippen molar-refractivity contribution in [3.8, 4) is 6.07 Å². The highest BCUT2D eigenvalue weighted by atomic mass is 79.9. The molecule has 2 unspecified atom stereocenters. The van der Waals surface area contributed by atoms with E-state index in [0.717, 1.165) is 24.4 Å². The molecule has 1 N–H and O–H groups in total. The molecule has 3 rings (SSSR count). The maximum absolute atomic E-state index is 9.07. The van der Waals surface area contributed by atoms with Crippen LogP contribution < -0.4 is 5.32 Å². The van der Waals surface area contributed by atoms with Crippen molar-refractivity contribution in [2.24, 2.45) is 5.92 Å². The van der Waals surface area contributed by atoms with Crippen molar-refractivity contribution in [3.05, 3.63) is 34.1 Å². The molecule has 1 aromatic heterocycles. The molecule has 1 aromatic rings. The van der Waals surface area contributed by atoms with Crippen LogP contribution in [0, 0.1) is 17.2 Å². The van der Waals surface area contributed by atoms with Gasteiger partial charge in [-0.25, -0.2) is 4.98 Å². The fourth-order valence-corrected chi connectivity index (χ4v) is 3.30. The monoisotopic (exact) mass is 303 g/mol. The zero-order valence-electron chi connectivity index (χ0n) is 9.99. The van der Waals surface area contributed by atoms with Crippen LogP contribution in [0.1, 0.15) is 30.4 Å². The van der Waals surface area contributed by atoms with Crippen LogP contribution in [0.3, 0.4) is 0 Å².